The van der Waals surface area contributed by atoms with Gasteiger partial charge in [0.2, 0.25) is 0 Å². The highest BCUT2D eigenvalue weighted by Crippen LogP contribution is 2.42. The summed E-state index contributed by atoms with van der Waals surface area (Å²) in [7, 11) is -2.89. The molecule has 3 rings (SSSR count). The first-order valence-corrected chi connectivity index (χ1v) is 8.63. The number of sulfone groups is 1. The van der Waals surface area contributed by atoms with Crippen LogP contribution in [0, 0.1) is 0 Å². The molecule has 1 aromatic rings. The van der Waals surface area contributed by atoms with Crippen LogP contribution in [-0.4, -0.2) is 37.5 Å². The van der Waals surface area contributed by atoms with Gasteiger partial charge in [-0.2, -0.15) is 0 Å². The van der Waals surface area contributed by atoms with Crippen molar-refractivity contribution in [3.05, 3.63) is 30.3 Å². The van der Waals surface area contributed by atoms with Crippen LogP contribution in [0.1, 0.15) is 12.8 Å². The minimum absolute atomic E-state index is 0.102. The molecule has 2 saturated heterocycles. The van der Waals surface area contributed by atoms with E-state index in [2.05, 4.69) is 4.67 Å². The Bertz CT molecular complexity index is 519. The first-order valence-electron chi connectivity index (χ1n) is 6.12. The lowest BCUT2D eigenvalue weighted by Crippen LogP contribution is -2.33. The molecule has 0 N–H and O–H groups in total. The summed E-state index contributed by atoms with van der Waals surface area (Å²) in [5.41, 5.74) is 0. The number of rotatable bonds is 3. The maximum Gasteiger partial charge on any atom is 0.180 e. The molecule has 3 atom stereocenters. The lowest BCUT2D eigenvalue weighted by Gasteiger charge is -2.17. The molecule has 2 heterocycles. The Hall–Kier alpha value is -0.480. The molecule has 1 aromatic carbocycles. The molecule has 0 radical (unpaired) electrons. The van der Waals surface area contributed by atoms with E-state index >= 15 is 0 Å². The molecule has 0 amide bonds. The normalized spacial score (nSPS) is 29.8. The van der Waals surface area contributed by atoms with Gasteiger partial charge in [-0.1, -0.05) is 18.2 Å². The first-order chi connectivity index (χ1) is 8.67. The smallest absolute Gasteiger partial charge is 0.180 e. The van der Waals surface area contributed by atoms with E-state index in [1.807, 2.05) is 6.07 Å². The largest absolute Gasteiger partial charge is 0.340 e. The minimum Gasteiger partial charge on any atom is -0.340 e. The molecular formula is C12H16NO3PS. The number of hydrogen-bond donors (Lipinski definition) is 0. The van der Waals surface area contributed by atoms with Crippen molar-refractivity contribution in [3.63, 3.8) is 0 Å². The molecule has 0 spiro atoms. The Morgan fingerprint density at radius 1 is 1.33 bits per heavy atom. The molecule has 98 valence electrons. The van der Waals surface area contributed by atoms with Crippen molar-refractivity contribution in [2.75, 3.05) is 12.3 Å². The van der Waals surface area contributed by atoms with Crippen molar-refractivity contribution in [1.29, 1.82) is 0 Å². The number of nitrogens with zero attached hydrogens (tertiary/aromatic N) is 1. The standard InChI is InChI=1S/C12H16NO3PS/c14-18(15,10-5-2-1-3-6-10)9-12-11-7-4-8-13(11)17-16-12/h1-3,5-6,11-12,17H,4,7-9H2/t11-,12?/m0/s1. The van der Waals surface area contributed by atoms with E-state index in [1.54, 1.807) is 24.3 Å². The summed E-state index contributed by atoms with van der Waals surface area (Å²) in [5, 5.41) is 0. The Morgan fingerprint density at radius 3 is 2.89 bits per heavy atom. The fourth-order valence-corrected chi connectivity index (χ4v) is 5.39. The van der Waals surface area contributed by atoms with Crippen molar-refractivity contribution in [3.8, 4) is 0 Å². The van der Waals surface area contributed by atoms with Crippen molar-refractivity contribution < 1.29 is 12.9 Å². The molecule has 0 bridgehead atoms. The third kappa shape index (κ3) is 2.32. The van der Waals surface area contributed by atoms with Crippen molar-refractivity contribution in [1.82, 2.24) is 4.67 Å². The van der Waals surface area contributed by atoms with Gasteiger partial charge in [0, 0.05) is 12.6 Å². The Morgan fingerprint density at radius 2 is 2.11 bits per heavy atom. The highest BCUT2D eigenvalue weighted by Gasteiger charge is 2.41. The van der Waals surface area contributed by atoms with Crippen LogP contribution in [0.15, 0.2) is 35.2 Å². The van der Waals surface area contributed by atoms with Gasteiger partial charge in [0.1, 0.15) is 0 Å². The molecule has 4 nitrogen and oxygen atoms in total. The van der Waals surface area contributed by atoms with Gasteiger partial charge in [-0.15, -0.1) is 0 Å². The van der Waals surface area contributed by atoms with E-state index in [0.29, 0.717) is 19.9 Å². The fourth-order valence-electron chi connectivity index (χ4n) is 2.59. The molecule has 0 aliphatic carbocycles. The first kappa shape index (κ1) is 12.5. The zero-order valence-electron chi connectivity index (χ0n) is 9.95. The van der Waals surface area contributed by atoms with Crippen molar-refractivity contribution in [2.24, 2.45) is 0 Å². The summed E-state index contributed by atoms with van der Waals surface area (Å²) in [6, 6.07) is 8.95. The maximum atomic E-state index is 12.3. The van der Waals surface area contributed by atoms with Crippen molar-refractivity contribution >= 4 is 18.8 Å². The average Bonchev–Trinajstić information content (AvgIpc) is 2.95. The highest BCUT2D eigenvalue weighted by atomic mass is 32.2. The van der Waals surface area contributed by atoms with E-state index in [4.69, 9.17) is 4.52 Å². The summed E-state index contributed by atoms with van der Waals surface area (Å²) in [4.78, 5) is 0.397. The second kappa shape index (κ2) is 4.89. The topological polar surface area (TPSA) is 46.6 Å². The second-order valence-electron chi connectivity index (χ2n) is 4.75. The third-order valence-electron chi connectivity index (χ3n) is 3.54. The van der Waals surface area contributed by atoms with Crippen LogP contribution >= 0.6 is 8.96 Å². The zero-order chi connectivity index (χ0) is 12.6. The third-order valence-corrected chi connectivity index (χ3v) is 6.49. The Labute approximate surface area is 109 Å². The van der Waals surface area contributed by atoms with Gasteiger partial charge in [-0.05, 0) is 25.0 Å². The van der Waals surface area contributed by atoms with Gasteiger partial charge < -0.3 is 4.52 Å². The molecule has 2 fully saturated rings. The lowest BCUT2D eigenvalue weighted by molar-refractivity contribution is 0.236. The van der Waals surface area contributed by atoms with Crippen LogP contribution in [0.3, 0.4) is 0 Å². The molecule has 2 unspecified atom stereocenters. The second-order valence-corrected chi connectivity index (χ2v) is 7.77. The molecular weight excluding hydrogens is 269 g/mol. The molecule has 0 saturated carbocycles. The minimum atomic E-state index is -3.23. The summed E-state index contributed by atoms with van der Waals surface area (Å²) >= 11 is 0. The van der Waals surface area contributed by atoms with Crippen LogP contribution in [-0.2, 0) is 14.4 Å². The quantitative estimate of drug-likeness (QED) is 0.795. The van der Waals surface area contributed by atoms with Gasteiger partial charge >= 0.3 is 0 Å². The average molecular weight is 285 g/mol. The summed E-state index contributed by atoms with van der Waals surface area (Å²) in [5.74, 6) is 0.102. The van der Waals surface area contributed by atoms with Gasteiger partial charge in [-0.25, -0.2) is 8.42 Å². The van der Waals surface area contributed by atoms with Crippen LogP contribution in [0.5, 0.6) is 0 Å². The molecule has 2 aliphatic heterocycles. The van der Waals surface area contributed by atoms with E-state index < -0.39 is 9.84 Å². The van der Waals surface area contributed by atoms with E-state index in [-0.39, 0.29) is 11.9 Å². The predicted octanol–water partition coefficient (Wildman–Crippen LogP) is 1.83. The van der Waals surface area contributed by atoms with Gasteiger partial charge in [-0.3, -0.25) is 4.67 Å². The van der Waals surface area contributed by atoms with Gasteiger partial charge in [0.15, 0.2) is 9.84 Å². The van der Waals surface area contributed by atoms with E-state index in [0.717, 1.165) is 19.4 Å². The summed E-state index contributed by atoms with van der Waals surface area (Å²) in [6.45, 7) is 1.05. The molecule has 0 aromatic heterocycles. The summed E-state index contributed by atoms with van der Waals surface area (Å²) in [6.07, 6.45) is 2.06. The SMILES string of the molecule is O=S(=O)(CC1OPN2CCC[C@@H]12)c1ccccc1. The molecule has 18 heavy (non-hydrogen) atoms. The van der Waals surface area contributed by atoms with E-state index in [1.165, 1.54) is 0 Å². The lowest BCUT2D eigenvalue weighted by atomic mass is 10.1. The highest BCUT2D eigenvalue weighted by molar-refractivity contribution is 7.91. The molecule has 6 heteroatoms. The van der Waals surface area contributed by atoms with Crippen molar-refractivity contribution in [2.45, 2.75) is 29.9 Å². The maximum absolute atomic E-state index is 12.3. The Balaban J connectivity index is 1.77. The Kier molecular flexibility index (Phi) is 3.41. The number of benzene rings is 1. The molecule has 2 aliphatic rings. The van der Waals surface area contributed by atoms with Crippen LogP contribution in [0.4, 0.5) is 0 Å². The van der Waals surface area contributed by atoms with Gasteiger partial charge in [0.05, 0.1) is 25.7 Å². The van der Waals surface area contributed by atoms with E-state index in [9.17, 15) is 8.42 Å². The summed E-state index contributed by atoms with van der Waals surface area (Å²) < 4.78 is 32.5. The number of hydrogen-bond acceptors (Lipinski definition) is 4. The van der Waals surface area contributed by atoms with Gasteiger partial charge in [0.25, 0.3) is 0 Å². The zero-order valence-corrected chi connectivity index (χ0v) is 11.8. The van der Waals surface area contributed by atoms with Crippen LogP contribution in [0.2, 0.25) is 0 Å². The fraction of sp³-hybridized carbons (Fsp3) is 0.500. The van der Waals surface area contributed by atoms with Crippen LogP contribution in [0.25, 0.3) is 0 Å². The van der Waals surface area contributed by atoms with Crippen LogP contribution < -0.4 is 0 Å². The monoisotopic (exact) mass is 285 g/mol. The predicted molar refractivity (Wildman–Crippen MR) is 71.4 cm³/mol. The number of fused-ring (bicyclic) bond motifs is 1.